The third-order valence-electron chi connectivity index (χ3n) is 8.01. The fourth-order valence-corrected chi connectivity index (χ4v) is 6.74. The van der Waals surface area contributed by atoms with Crippen molar-refractivity contribution in [1.82, 2.24) is 4.90 Å². The summed E-state index contributed by atoms with van der Waals surface area (Å²) < 4.78 is 0. The number of nitro benzene ring substituents is 1. The molecule has 9 nitrogen and oxygen atoms in total. The molecule has 3 fully saturated rings. The number of benzene rings is 2. The molecule has 0 aromatic heterocycles. The fraction of sp³-hybridized carbons (Fsp3) is 0.375. The molecule has 4 atom stereocenters. The zero-order valence-electron chi connectivity index (χ0n) is 18.5. The van der Waals surface area contributed by atoms with E-state index in [0.29, 0.717) is 40.4 Å². The molecule has 2 aromatic carbocycles. The standard InChI is InChI=1S/C24H21ClN4O5/c1-11-5-6-13(10-17(11)29(33)34)28-21(30)18-16-4-3-9-27(16)24(19(18)22(28)31)14-7-8-15(25)12(2)20(14)26-23(24)32/h5-8,10,16,18-19H,3-4,9H2,1-2H3,(H,26,32)/t16-,18+,19+,24-/m0/s1. The molecule has 174 valence electrons. The highest BCUT2D eigenvalue weighted by Crippen LogP contribution is 2.61. The van der Waals surface area contributed by atoms with E-state index in [9.17, 15) is 24.5 Å². The molecule has 0 radical (unpaired) electrons. The minimum absolute atomic E-state index is 0.160. The van der Waals surface area contributed by atoms with Crippen molar-refractivity contribution in [3.05, 3.63) is 62.2 Å². The normalized spacial score (nSPS) is 29.6. The van der Waals surface area contributed by atoms with Gasteiger partial charge in [0.2, 0.25) is 17.7 Å². The van der Waals surface area contributed by atoms with E-state index in [4.69, 9.17) is 11.6 Å². The molecule has 34 heavy (non-hydrogen) atoms. The Morgan fingerprint density at radius 3 is 2.65 bits per heavy atom. The van der Waals surface area contributed by atoms with Crippen LogP contribution in [0.1, 0.15) is 29.5 Å². The molecule has 3 saturated heterocycles. The number of nitrogens with zero attached hydrogens (tertiary/aromatic N) is 3. The lowest BCUT2D eigenvalue weighted by molar-refractivity contribution is -0.385. The number of nitrogens with one attached hydrogen (secondary N) is 1. The van der Waals surface area contributed by atoms with E-state index in [-0.39, 0.29) is 23.3 Å². The van der Waals surface area contributed by atoms with Crippen LogP contribution in [-0.4, -0.2) is 40.1 Å². The minimum atomic E-state index is -1.31. The van der Waals surface area contributed by atoms with Crippen LogP contribution in [0.3, 0.4) is 0 Å². The van der Waals surface area contributed by atoms with Crippen molar-refractivity contribution in [3.8, 4) is 0 Å². The van der Waals surface area contributed by atoms with Gasteiger partial charge < -0.3 is 5.32 Å². The molecule has 4 heterocycles. The van der Waals surface area contributed by atoms with Crippen LogP contribution in [0.5, 0.6) is 0 Å². The Morgan fingerprint density at radius 2 is 1.91 bits per heavy atom. The van der Waals surface area contributed by atoms with Gasteiger partial charge in [-0.1, -0.05) is 23.7 Å². The molecule has 4 aliphatic heterocycles. The third kappa shape index (κ3) is 2.35. The highest BCUT2D eigenvalue weighted by molar-refractivity contribution is 6.32. The number of amides is 3. The Hall–Kier alpha value is -3.30. The molecular formula is C24H21ClN4O5. The first-order chi connectivity index (χ1) is 16.2. The number of anilines is 2. The highest BCUT2D eigenvalue weighted by Gasteiger charge is 2.74. The maximum atomic E-state index is 14.0. The van der Waals surface area contributed by atoms with Crippen LogP contribution in [0, 0.1) is 35.8 Å². The van der Waals surface area contributed by atoms with Gasteiger partial charge in [-0.3, -0.25) is 29.4 Å². The van der Waals surface area contributed by atoms with E-state index >= 15 is 0 Å². The summed E-state index contributed by atoms with van der Waals surface area (Å²) in [5.41, 5.74) is 1.09. The molecule has 0 unspecified atom stereocenters. The van der Waals surface area contributed by atoms with Crippen LogP contribution in [-0.2, 0) is 19.9 Å². The van der Waals surface area contributed by atoms with Gasteiger partial charge in [0.05, 0.1) is 28.1 Å². The van der Waals surface area contributed by atoms with Crippen molar-refractivity contribution < 1.29 is 19.3 Å². The van der Waals surface area contributed by atoms with Crippen molar-refractivity contribution in [2.75, 3.05) is 16.8 Å². The molecule has 0 bridgehead atoms. The van der Waals surface area contributed by atoms with Gasteiger partial charge in [-0.2, -0.15) is 0 Å². The van der Waals surface area contributed by atoms with Gasteiger partial charge in [0.15, 0.2) is 0 Å². The predicted molar refractivity (Wildman–Crippen MR) is 124 cm³/mol. The lowest BCUT2D eigenvalue weighted by Gasteiger charge is -2.36. The molecule has 6 rings (SSSR count). The summed E-state index contributed by atoms with van der Waals surface area (Å²) in [6, 6.07) is 7.57. The first kappa shape index (κ1) is 21.2. The van der Waals surface area contributed by atoms with Crippen molar-refractivity contribution in [2.24, 2.45) is 11.8 Å². The second-order valence-corrected chi connectivity index (χ2v) is 9.87. The SMILES string of the molecule is Cc1ccc(N2C(=O)[C@@H]3[C@@H]4CCCN4[C@]4(C(=O)Nc5c4ccc(Cl)c5C)[C@H]3C2=O)cc1[N+](=O)[O-]. The summed E-state index contributed by atoms with van der Waals surface area (Å²) in [5, 5.41) is 14.9. The van der Waals surface area contributed by atoms with Crippen LogP contribution in [0.25, 0.3) is 0 Å². The number of hydrogen-bond donors (Lipinski definition) is 1. The van der Waals surface area contributed by atoms with Gasteiger partial charge in [0.25, 0.3) is 5.69 Å². The number of nitro groups is 1. The van der Waals surface area contributed by atoms with Gasteiger partial charge >= 0.3 is 0 Å². The molecule has 0 aliphatic carbocycles. The number of halogens is 1. The van der Waals surface area contributed by atoms with Crippen molar-refractivity contribution >= 4 is 46.4 Å². The molecule has 3 amide bonds. The summed E-state index contributed by atoms with van der Waals surface area (Å²) in [6.07, 6.45) is 1.50. The summed E-state index contributed by atoms with van der Waals surface area (Å²) in [5.74, 6) is -2.87. The van der Waals surface area contributed by atoms with E-state index in [0.717, 1.165) is 11.3 Å². The van der Waals surface area contributed by atoms with Gasteiger partial charge in [-0.15, -0.1) is 0 Å². The Kier molecular flexibility index (Phi) is 4.29. The lowest BCUT2D eigenvalue weighted by atomic mass is 9.75. The van der Waals surface area contributed by atoms with Crippen molar-refractivity contribution in [2.45, 2.75) is 38.3 Å². The first-order valence-corrected chi connectivity index (χ1v) is 11.6. The smallest absolute Gasteiger partial charge is 0.274 e. The number of hydrogen-bond acceptors (Lipinski definition) is 6. The minimum Gasteiger partial charge on any atom is -0.324 e. The third-order valence-corrected chi connectivity index (χ3v) is 8.42. The monoisotopic (exact) mass is 480 g/mol. The van der Waals surface area contributed by atoms with Gasteiger partial charge in [0.1, 0.15) is 5.54 Å². The van der Waals surface area contributed by atoms with Crippen LogP contribution >= 0.6 is 11.6 Å². The summed E-state index contributed by atoms with van der Waals surface area (Å²) in [6.45, 7) is 4.01. The highest BCUT2D eigenvalue weighted by atomic mass is 35.5. The van der Waals surface area contributed by atoms with E-state index in [1.807, 2.05) is 11.8 Å². The molecule has 1 spiro atoms. The zero-order chi connectivity index (χ0) is 24.1. The van der Waals surface area contributed by atoms with Crippen LogP contribution < -0.4 is 10.2 Å². The lowest BCUT2D eigenvalue weighted by Crippen LogP contribution is -2.54. The van der Waals surface area contributed by atoms with Gasteiger partial charge in [-0.05, 0) is 50.9 Å². The first-order valence-electron chi connectivity index (χ1n) is 11.2. The van der Waals surface area contributed by atoms with Gasteiger partial charge in [0, 0.05) is 28.3 Å². The Morgan fingerprint density at radius 1 is 1.15 bits per heavy atom. The fourth-order valence-electron chi connectivity index (χ4n) is 6.58. The zero-order valence-corrected chi connectivity index (χ0v) is 19.3. The number of aryl methyl sites for hydroxylation is 1. The van der Waals surface area contributed by atoms with E-state index in [1.54, 1.807) is 25.1 Å². The molecule has 10 heteroatoms. The Labute approximate surface area is 199 Å². The van der Waals surface area contributed by atoms with Crippen molar-refractivity contribution in [3.63, 3.8) is 0 Å². The van der Waals surface area contributed by atoms with E-state index in [1.165, 1.54) is 12.1 Å². The van der Waals surface area contributed by atoms with Crippen molar-refractivity contribution in [1.29, 1.82) is 0 Å². The number of imide groups is 1. The molecule has 0 saturated carbocycles. The maximum absolute atomic E-state index is 14.0. The average molecular weight is 481 g/mol. The van der Waals surface area contributed by atoms with E-state index in [2.05, 4.69) is 5.32 Å². The number of carbonyl (C=O) groups excluding carboxylic acids is 3. The molecule has 2 aromatic rings. The average Bonchev–Trinajstić information content (AvgIpc) is 3.50. The molecule has 1 N–H and O–H groups in total. The van der Waals surface area contributed by atoms with Crippen LogP contribution in [0.4, 0.5) is 17.1 Å². The largest absolute Gasteiger partial charge is 0.324 e. The quantitative estimate of drug-likeness (QED) is 0.401. The second kappa shape index (κ2) is 6.86. The van der Waals surface area contributed by atoms with Gasteiger partial charge in [-0.25, -0.2) is 4.90 Å². The summed E-state index contributed by atoms with van der Waals surface area (Å²) >= 11 is 6.32. The Bertz CT molecular complexity index is 1340. The van der Waals surface area contributed by atoms with Crippen LogP contribution in [0.2, 0.25) is 5.02 Å². The molecular weight excluding hydrogens is 460 g/mol. The van der Waals surface area contributed by atoms with Crippen LogP contribution in [0.15, 0.2) is 30.3 Å². The molecule has 4 aliphatic rings. The summed E-state index contributed by atoms with van der Waals surface area (Å²) in [4.78, 5) is 55.5. The number of rotatable bonds is 2. The summed E-state index contributed by atoms with van der Waals surface area (Å²) in [7, 11) is 0. The van der Waals surface area contributed by atoms with E-state index < -0.39 is 34.1 Å². The Balaban J connectivity index is 1.54. The second-order valence-electron chi connectivity index (χ2n) is 9.46. The number of carbonyl (C=O) groups is 3. The maximum Gasteiger partial charge on any atom is 0.274 e. The number of fused-ring (bicyclic) bond motifs is 7. The predicted octanol–water partition coefficient (Wildman–Crippen LogP) is 3.30. The topological polar surface area (TPSA) is 113 Å².